The van der Waals surface area contributed by atoms with Gasteiger partial charge in [-0.3, -0.25) is 9.88 Å². The number of fused-ring (bicyclic) bond motifs is 4. The number of anilines is 2. The molecule has 0 amide bonds. The summed E-state index contributed by atoms with van der Waals surface area (Å²) in [5.74, 6) is 2.52. The lowest BCUT2D eigenvalue weighted by atomic mass is 10.1. The van der Waals surface area contributed by atoms with Crippen molar-refractivity contribution in [3.63, 3.8) is 0 Å². The first-order valence-corrected chi connectivity index (χ1v) is 11.5. The summed E-state index contributed by atoms with van der Waals surface area (Å²) in [5.41, 5.74) is 10.2. The molecule has 1 unspecified atom stereocenters. The Morgan fingerprint density at radius 3 is 2.38 bits per heavy atom. The number of hydrogen-bond donors (Lipinski definition) is 2. The summed E-state index contributed by atoms with van der Waals surface area (Å²) in [7, 11) is 0. The second kappa shape index (κ2) is 7.93. The molecule has 0 bridgehead atoms. The summed E-state index contributed by atoms with van der Waals surface area (Å²) < 4.78 is 13.9. The third-order valence-corrected chi connectivity index (χ3v) is 6.47. The van der Waals surface area contributed by atoms with Crippen molar-refractivity contribution in [2.45, 2.75) is 38.3 Å². The number of ether oxygens (including phenoxy) is 2. The molecular formula is C24H28N6O2. The van der Waals surface area contributed by atoms with E-state index in [2.05, 4.69) is 39.0 Å². The lowest BCUT2D eigenvalue weighted by Gasteiger charge is -2.26. The van der Waals surface area contributed by atoms with Crippen molar-refractivity contribution >= 4 is 28.6 Å². The van der Waals surface area contributed by atoms with Crippen LogP contribution >= 0.6 is 0 Å². The van der Waals surface area contributed by atoms with E-state index in [1.54, 1.807) is 0 Å². The van der Waals surface area contributed by atoms with Crippen LogP contribution in [0.1, 0.15) is 43.8 Å². The van der Waals surface area contributed by atoms with Crippen LogP contribution in [0.3, 0.4) is 0 Å². The molecule has 1 saturated heterocycles. The fourth-order valence-corrected chi connectivity index (χ4v) is 4.83. The van der Waals surface area contributed by atoms with Crippen LogP contribution in [0.25, 0.3) is 11.0 Å². The summed E-state index contributed by atoms with van der Waals surface area (Å²) in [5, 5.41) is 3.11. The Morgan fingerprint density at radius 2 is 1.62 bits per heavy atom. The molecule has 3 N–H and O–H groups in total. The topological polar surface area (TPSA) is 89.9 Å². The molecule has 32 heavy (non-hydrogen) atoms. The van der Waals surface area contributed by atoms with Gasteiger partial charge >= 0.3 is 0 Å². The number of guanidine groups is 1. The zero-order valence-electron chi connectivity index (χ0n) is 18.1. The first kappa shape index (κ1) is 19.3. The van der Waals surface area contributed by atoms with E-state index in [1.165, 1.54) is 31.4 Å². The average molecular weight is 433 g/mol. The highest BCUT2D eigenvalue weighted by atomic mass is 16.5. The first-order chi connectivity index (χ1) is 15.8. The van der Waals surface area contributed by atoms with Crippen LogP contribution in [0.5, 0.6) is 11.5 Å². The predicted octanol–water partition coefficient (Wildman–Crippen LogP) is 3.87. The first-order valence-electron chi connectivity index (χ1n) is 11.5. The molecule has 3 aliphatic heterocycles. The number of nitrogens with zero attached hydrogens (tertiary/aromatic N) is 4. The molecule has 6 rings (SSSR count). The van der Waals surface area contributed by atoms with Crippen LogP contribution in [0, 0.1) is 0 Å². The van der Waals surface area contributed by atoms with Gasteiger partial charge in [0.25, 0.3) is 0 Å². The molecular weight excluding hydrogens is 404 g/mol. The zero-order valence-corrected chi connectivity index (χ0v) is 18.1. The number of aromatic nitrogens is 2. The number of rotatable bonds is 2. The SMILES string of the molecule is NC1=NC(c2ccc(N3CCCCCC3)cc2)n2c(nc3cc4c(cc32)OCCCO4)N1. The van der Waals surface area contributed by atoms with Crippen LogP contribution in [0.15, 0.2) is 41.4 Å². The molecule has 1 atom stereocenters. The van der Waals surface area contributed by atoms with E-state index in [0.717, 1.165) is 47.6 Å². The molecule has 8 nitrogen and oxygen atoms in total. The number of benzene rings is 2. The minimum atomic E-state index is -0.292. The Hall–Kier alpha value is -3.42. The third kappa shape index (κ3) is 3.39. The molecule has 2 aromatic carbocycles. The van der Waals surface area contributed by atoms with Gasteiger partial charge in [0.1, 0.15) is 0 Å². The summed E-state index contributed by atoms with van der Waals surface area (Å²) in [6, 6.07) is 12.7. The molecule has 1 aromatic heterocycles. The summed E-state index contributed by atoms with van der Waals surface area (Å²) in [6.07, 6.45) is 5.75. The minimum Gasteiger partial charge on any atom is -0.489 e. The van der Waals surface area contributed by atoms with Gasteiger partial charge in [0.15, 0.2) is 23.6 Å². The lowest BCUT2D eigenvalue weighted by Crippen LogP contribution is -2.31. The maximum atomic E-state index is 6.13. The number of aliphatic imine (C=N–C) groups is 1. The van der Waals surface area contributed by atoms with E-state index in [-0.39, 0.29) is 6.17 Å². The molecule has 0 saturated carbocycles. The van der Waals surface area contributed by atoms with Crippen molar-refractivity contribution < 1.29 is 9.47 Å². The van der Waals surface area contributed by atoms with Crippen LogP contribution in [0.2, 0.25) is 0 Å². The smallest absolute Gasteiger partial charge is 0.212 e. The quantitative estimate of drug-likeness (QED) is 0.639. The summed E-state index contributed by atoms with van der Waals surface area (Å²) >= 11 is 0. The van der Waals surface area contributed by atoms with Crippen LogP contribution in [-0.2, 0) is 0 Å². The highest BCUT2D eigenvalue weighted by Crippen LogP contribution is 2.39. The zero-order chi connectivity index (χ0) is 21.5. The minimum absolute atomic E-state index is 0.292. The van der Waals surface area contributed by atoms with E-state index in [0.29, 0.717) is 25.1 Å². The lowest BCUT2D eigenvalue weighted by molar-refractivity contribution is 0.297. The van der Waals surface area contributed by atoms with Crippen molar-refractivity contribution in [2.24, 2.45) is 10.7 Å². The van der Waals surface area contributed by atoms with Crippen molar-refractivity contribution in [3.05, 3.63) is 42.0 Å². The standard InChI is InChI=1S/C24H28N6O2/c25-23-27-22(16-6-8-17(9-7-16)29-10-3-1-2-4-11-29)30-19-15-21-20(31-12-5-13-32-21)14-18(19)26-24(30)28-23/h6-9,14-15,22H,1-5,10-13H2,(H3,25,26,27,28). The van der Waals surface area contributed by atoms with E-state index < -0.39 is 0 Å². The van der Waals surface area contributed by atoms with Gasteiger partial charge < -0.3 is 20.1 Å². The number of nitrogens with two attached hydrogens (primary N) is 1. The van der Waals surface area contributed by atoms with Crippen LogP contribution in [0.4, 0.5) is 11.6 Å². The fourth-order valence-electron chi connectivity index (χ4n) is 4.83. The molecule has 166 valence electrons. The molecule has 8 heteroatoms. The number of hydrogen-bond acceptors (Lipinski definition) is 7. The van der Waals surface area contributed by atoms with Crippen LogP contribution < -0.4 is 25.4 Å². The predicted molar refractivity (Wildman–Crippen MR) is 126 cm³/mol. The summed E-state index contributed by atoms with van der Waals surface area (Å²) in [4.78, 5) is 12.0. The van der Waals surface area contributed by atoms with Gasteiger partial charge in [0.05, 0.1) is 24.2 Å². The molecule has 3 aliphatic rings. The van der Waals surface area contributed by atoms with E-state index in [4.69, 9.17) is 25.2 Å². The normalized spacial score (nSPS) is 20.7. The fraction of sp³-hybridized carbons (Fsp3) is 0.417. The van der Waals surface area contributed by atoms with Gasteiger partial charge in [0, 0.05) is 37.3 Å². The maximum Gasteiger partial charge on any atom is 0.212 e. The molecule has 1 fully saturated rings. The molecule has 0 spiro atoms. The van der Waals surface area contributed by atoms with E-state index in [9.17, 15) is 0 Å². The van der Waals surface area contributed by atoms with Crippen LogP contribution in [-0.4, -0.2) is 41.8 Å². The highest BCUT2D eigenvalue weighted by molar-refractivity contribution is 5.95. The Balaban J connectivity index is 1.39. The molecule has 4 heterocycles. The Bertz CT molecular complexity index is 1160. The van der Waals surface area contributed by atoms with E-state index in [1.807, 2.05) is 12.1 Å². The van der Waals surface area contributed by atoms with Gasteiger partial charge in [-0.1, -0.05) is 25.0 Å². The van der Waals surface area contributed by atoms with Gasteiger partial charge in [-0.05, 0) is 30.5 Å². The van der Waals surface area contributed by atoms with Gasteiger partial charge in [-0.25, -0.2) is 9.98 Å². The van der Waals surface area contributed by atoms with Crippen molar-refractivity contribution in [1.82, 2.24) is 9.55 Å². The van der Waals surface area contributed by atoms with Crippen molar-refractivity contribution in [3.8, 4) is 11.5 Å². The number of imidazole rings is 1. The Labute approximate surface area is 187 Å². The van der Waals surface area contributed by atoms with Gasteiger partial charge in [0.2, 0.25) is 5.95 Å². The van der Waals surface area contributed by atoms with Crippen molar-refractivity contribution in [1.29, 1.82) is 0 Å². The summed E-state index contributed by atoms with van der Waals surface area (Å²) in [6.45, 7) is 3.54. The Morgan fingerprint density at radius 1 is 0.906 bits per heavy atom. The average Bonchev–Trinajstić information content (AvgIpc) is 3.01. The van der Waals surface area contributed by atoms with Gasteiger partial charge in [-0.2, -0.15) is 0 Å². The second-order valence-electron chi connectivity index (χ2n) is 8.65. The van der Waals surface area contributed by atoms with E-state index >= 15 is 0 Å². The van der Waals surface area contributed by atoms with Crippen molar-refractivity contribution in [2.75, 3.05) is 36.5 Å². The maximum absolute atomic E-state index is 6.13. The Kier molecular flexibility index (Phi) is 4.78. The monoisotopic (exact) mass is 432 g/mol. The molecule has 0 aliphatic carbocycles. The number of nitrogens with one attached hydrogen (secondary N) is 1. The van der Waals surface area contributed by atoms with Gasteiger partial charge in [-0.15, -0.1) is 0 Å². The largest absolute Gasteiger partial charge is 0.489 e. The highest BCUT2D eigenvalue weighted by Gasteiger charge is 2.27. The second-order valence-corrected chi connectivity index (χ2v) is 8.65. The molecule has 3 aromatic rings. The third-order valence-electron chi connectivity index (χ3n) is 6.47. The molecule has 0 radical (unpaired) electrons.